The lowest BCUT2D eigenvalue weighted by atomic mass is 10.1. The molecule has 0 bridgehead atoms. The molecule has 2 N–H and O–H groups in total. The first-order chi connectivity index (χ1) is 19.6. The molecule has 2 heterocycles. The summed E-state index contributed by atoms with van der Waals surface area (Å²) in [6.07, 6.45) is 0.347. The summed E-state index contributed by atoms with van der Waals surface area (Å²) in [7, 11) is 0. The van der Waals surface area contributed by atoms with Crippen LogP contribution >= 0.6 is 34.4 Å². The average molecular weight is 617 g/mol. The van der Waals surface area contributed by atoms with Crippen LogP contribution in [0.1, 0.15) is 82.1 Å². The van der Waals surface area contributed by atoms with Crippen molar-refractivity contribution in [3.8, 4) is 12.1 Å². The minimum absolute atomic E-state index is 0.158. The van der Waals surface area contributed by atoms with Gasteiger partial charge in [0.1, 0.15) is 22.1 Å². The molecule has 0 spiro atoms. The third kappa shape index (κ3) is 8.32. The lowest BCUT2D eigenvalue weighted by Crippen LogP contribution is -2.30. The Morgan fingerprint density at radius 3 is 1.34 bits per heavy atom. The number of nitrogens with zero attached hydrogens (tertiary/aromatic N) is 4. The third-order valence-corrected chi connectivity index (χ3v) is 9.84. The summed E-state index contributed by atoms with van der Waals surface area (Å²) in [6.45, 7) is 13.2. The predicted octanol–water partition coefficient (Wildman–Crippen LogP) is 5.22. The van der Waals surface area contributed by atoms with E-state index in [1.54, 1.807) is 23.6 Å². The van der Waals surface area contributed by atoms with E-state index in [1.807, 2.05) is 27.7 Å². The van der Waals surface area contributed by atoms with Crippen LogP contribution in [0.3, 0.4) is 0 Å². The molecule has 0 aromatic carbocycles. The van der Waals surface area contributed by atoms with Crippen molar-refractivity contribution in [3.63, 3.8) is 0 Å². The topological polar surface area (TPSA) is 146 Å². The van der Waals surface area contributed by atoms with E-state index in [0.29, 0.717) is 79.7 Å². The Morgan fingerprint density at radius 2 is 1.05 bits per heavy atom. The lowest BCUT2D eigenvalue weighted by molar-refractivity contribution is -0.116. The highest BCUT2D eigenvalue weighted by molar-refractivity contribution is 7.99. The number of hydrogen-bond donors (Lipinski definition) is 2. The number of rotatable bonds is 14. The standard InChI is InChI=1S/C28H36N6O4S3/c1-7-33(8-2)27(37)23-17(5)19(15-29)25(40-23)31-21(35)11-13-39-14-12-22(36)32-26-20(16-30)18(6)24(41-26)28(38)34(9-3)10-4/h7-14H2,1-6H3,(H,31,35)(H,32,36). The van der Waals surface area contributed by atoms with Crippen molar-refractivity contribution < 1.29 is 19.2 Å². The Labute approximate surface area is 253 Å². The normalized spacial score (nSPS) is 10.4. The molecule has 0 fully saturated rings. The van der Waals surface area contributed by atoms with Gasteiger partial charge in [0.2, 0.25) is 11.8 Å². The molecule has 0 aliphatic heterocycles. The van der Waals surface area contributed by atoms with Crippen LogP contribution in [0.4, 0.5) is 10.0 Å². The molecular weight excluding hydrogens is 581 g/mol. The second kappa shape index (κ2) is 16.2. The van der Waals surface area contributed by atoms with Crippen molar-refractivity contribution in [2.24, 2.45) is 0 Å². The summed E-state index contributed by atoms with van der Waals surface area (Å²) in [5.41, 5.74) is 1.72. The van der Waals surface area contributed by atoms with Gasteiger partial charge in [0, 0.05) is 50.5 Å². The molecule has 41 heavy (non-hydrogen) atoms. The molecule has 0 atom stereocenters. The van der Waals surface area contributed by atoms with Crippen molar-refractivity contribution in [2.75, 3.05) is 48.3 Å². The molecule has 2 rings (SSSR count). The Hall–Kier alpha value is -3.39. The van der Waals surface area contributed by atoms with Crippen molar-refractivity contribution in [3.05, 3.63) is 32.0 Å². The van der Waals surface area contributed by atoms with E-state index in [1.165, 1.54) is 11.8 Å². The molecule has 0 radical (unpaired) electrons. The van der Waals surface area contributed by atoms with Crippen LogP contribution in [0.2, 0.25) is 0 Å². The average Bonchev–Trinajstić information content (AvgIpc) is 3.43. The molecule has 10 nitrogen and oxygen atoms in total. The van der Waals surface area contributed by atoms with Gasteiger partial charge in [0.25, 0.3) is 11.8 Å². The first-order valence-corrected chi connectivity index (χ1v) is 16.2. The summed E-state index contributed by atoms with van der Waals surface area (Å²) in [5.74, 6) is 0.0463. The smallest absolute Gasteiger partial charge is 0.264 e. The Kier molecular flexibility index (Phi) is 13.3. The van der Waals surface area contributed by atoms with Gasteiger partial charge in [-0.05, 0) is 52.7 Å². The highest BCUT2D eigenvalue weighted by Gasteiger charge is 2.25. The van der Waals surface area contributed by atoms with Crippen molar-refractivity contribution in [2.45, 2.75) is 54.4 Å². The van der Waals surface area contributed by atoms with Crippen LogP contribution in [0, 0.1) is 36.5 Å². The zero-order valence-corrected chi connectivity index (χ0v) is 26.8. The van der Waals surface area contributed by atoms with E-state index in [-0.39, 0.29) is 36.5 Å². The van der Waals surface area contributed by atoms with Gasteiger partial charge in [0.15, 0.2) is 0 Å². The van der Waals surface area contributed by atoms with Crippen LogP contribution in [-0.4, -0.2) is 71.1 Å². The summed E-state index contributed by atoms with van der Waals surface area (Å²) in [5, 5.41) is 25.4. The van der Waals surface area contributed by atoms with Gasteiger partial charge in [-0.25, -0.2) is 0 Å². The molecule has 0 saturated carbocycles. The number of carbonyl (C=O) groups excluding carboxylic acids is 4. The quantitative estimate of drug-likeness (QED) is 0.277. The van der Waals surface area contributed by atoms with Gasteiger partial charge in [-0.1, -0.05) is 0 Å². The van der Waals surface area contributed by atoms with Gasteiger partial charge < -0.3 is 20.4 Å². The molecule has 4 amide bonds. The Balaban J connectivity index is 1.89. The highest BCUT2D eigenvalue weighted by Crippen LogP contribution is 2.34. The van der Waals surface area contributed by atoms with Gasteiger partial charge in [-0.15, -0.1) is 22.7 Å². The largest absolute Gasteiger partial charge is 0.338 e. The maximum Gasteiger partial charge on any atom is 0.264 e. The van der Waals surface area contributed by atoms with Crippen molar-refractivity contribution in [1.29, 1.82) is 10.5 Å². The van der Waals surface area contributed by atoms with Crippen LogP contribution < -0.4 is 10.6 Å². The minimum atomic E-state index is -0.278. The number of amides is 4. The highest BCUT2D eigenvalue weighted by atomic mass is 32.2. The molecule has 13 heteroatoms. The van der Waals surface area contributed by atoms with E-state index in [2.05, 4.69) is 22.8 Å². The molecule has 0 saturated heterocycles. The molecule has 2 aromatic rings. The fourth-order valence-electron chi connectivity index (χ4n) is 4.00. The predicted molar refractivity (Wildman–Crippen MR) is 166 cm³/mol. The van der Waals surface area contributed by atoms with Gasteiger partial charge >= 0.3 is 0 Å². The van der Waals surface area contributed by atoms with E-state index in [4.69, 9.17) is 0 Å². The molecule has 0 unspecified atom stereocenters. The second-order valence-electron chi connectivity index (χ2n) is 8.91. The summed E-state index contributed by atoms with van der Waals surface area (Å²) >= 11 is 3.66. The number of thioether (sulfide) groups is 1. The van der Waals surface area contributed by atoms with Crippen molar-refractivity contribution in [1.82, 2.24) is 9.80 Å². The first kappa shape index (κ1) is 33.8. The van der Waals surface area contributed by atoms with Gasteiger partial charge in [-0.2, -0.15) is 22.3 Å². The molecule has 0 aliphatic carbocycles. The summed E-state index contributed by atoms with van der Waals surface area (Å²) < 4.78 is 0. The van der Waals surface area contributed by atoms with Crippen LogP contribution in [0.15, 0.2) is 0 Å². The van der Waals surface area contributed by atoms with E-state index in [9.17, 15) is 29.7 Å². The molecule has 0 aliphatic rings. The number of carbonyl (C=O) groups is 4. The number of nitrogens with one attached hydrogen (secondary N) is 2. The Bertz CT molecular complexity index is 1260. The fourth-order valence-corrected chi connectivity index (χ4v) is 7.15. The monoisotopic (exact) mass is 616 g/mol. The lowest BCUT2D eigenvalue weighted by Gasteiger charge is -2.17. The summed E-state index contributed by atoms with van der Waals surface area (Å²) in [6, 6.07) is 4.19. The maximum absolute atomic E-state index is 12.8. The van der Waals surface area contributed by atoms with E-state index >= 15 is 0 Å². The number of nitriles is 2. The minimum Gasteiger partial charge on any atom is -0.338 e. The number of hydrogen-bond acceptors (Lipinski definition) is 9. The van der Waals surface area contributed by atoms with Crippen LogP contribution in [-0.2, 0) is 9.59 Å². The maximum atomic E-state index is 12.8. The van der Waals surface area contributed by atoms with Gasteiger partial charge in [0.05, 0.1) is 20.9 Å². The molecular formula is C28H36N6O4S3. The zero-order valence-electron chi connectivity index (χ0n) is 24.3. The number of thiophene rings is 2. The molecule has 2 aromatic heterocycles. The van der Waals surface area contributed by atoms with Crippen LogP contribution in [0.5, 0.6) is 0 Å². The molecule has 220 valence electrons. The van der Waals surface area contributed by atoms with Gasteiger partial charge in [-0.3, -0.25) is 19.2 Å². The Morgan fingerprint density at radius 1 is 0.707 bits per heavy atom. The first-order valence-electron chi connectivity index (χ1n) is 13.4. The van der Waals surface area contributed by atoms with Crippen molar-refractivity contribution >= 4 is 68.1 Å². The second-order valence-corrected chi connectivity index (χ2v) is 12.2. The SMILES string of the molecule is CCN(CC)C(=O)c1sc(NC(=O)CCSCCC(=O)Nc2sc(C(=O)N(CC)CC)c(C)c2C#N)c(C#N)c1C. The number of anilines is 2. The summed E-state index contributed by atoms with van der Waals surface area (Å²) in [4.78, 5) is 54.9. The fraction of sp³-hybridized carbons (Fsp3) is 0.500. The van der Waals surface area contributed by atoms with E-state index < -0.39 is 0 Å². The third-order valence-electron chi connectivity index (χ3n) is 6.46. The van der Waals surface area contributed by atoms with E-state index in [0.717, 1.165) is 22.7 Å². The van der Waals surface area contributed by atoms with Crippen LogP contribution in [0.25, 0.3) is 0 Å². The zero-order chi connectivity index (χ0) is 30.7.